The number of hydrogen-bond donors (Lipinski definition) is 2. The normalized spacial score (nSPS) is 11.1. The Kier molecular flexibility index (Phi) is 9.32. The van der Waals surface area contributed by atoms with Gasteiger partial charge in [0.25, 0.3) is 5.69 Å². The van der Waals surface area contributed by atoms with Crippen LogP contribution in [0, 0.1) is 10.1 Å². The second-order valence-electron chi connectivity index (χ2n) is 5.18. The van der Waals surface area contributed by atoms with Crippen LogP contribution in [-0.4, -0.2) is 67.6 Å². The van der Waals surface area contributed by atoms with Crippen LogP contribution in [0.15, 0.2) is 18.2 Å². The van der Waals surface area contributed by atoms with Gasteiger partial charge in [-0.25, -0.2) is 0 Å². The van der Waals surface area contributed by atoms with E-state index in [1.807, 2.05) is 0 Å². The topological polar surface area (TPSA) is 114 Å². The Morgan fingerprint density at radius 2 is 2.12 bits per heavy atom. The lowest BCUT2D eigenvalue weighted by Crippen LogP contribution is -2.40. The molecule has 140 valence electrons. The quantitative estimate of drug-likeness (QED) is 0.342. The first-order valence-electron chi connectivity index (χ1n) is 7.53. The van der Waals surface area contributed by atoms with Crippen molar-refractivity contribution in [2.75, 3.05) is 45.8 Å². The minimum atomic E-state index is -0.618. The highest BCUT2D eigenvalue weighted by Gasteiger charge is 2.18. The summed E-state index contributed by atoms with van der Waals surface area (Å²) in [5.41, 5.74) is -0.00586. The minimum Gasteiger partial charge on any atom is -0.396 e. The van der Waals surface area contributed by atoms with E-state index in [1.165, 1.54) is 32.4 Å². The summed E-state index contributed by atoms with van der Waals surface area (Å²) in [7, 11) is 2.98. The number of hydrogen-bond acceptors (Lipinski definition) is 7. The van der Waals surface area contributed by atoms with Gasteiger partial charge in [-0.05, 0) is 18.6 Å². The zero-order valence-electron chi connectivity index (χ0n) is 14.1. The molecule has 0 aromatic heterocycles. The third-order valence-corrected chi connectivity index (χ3v) is 3.68. The average Bonchev–Trinajstić information content (AvgIpc) is 2.58. The van der Waals surface area contributed by atoms with E-state index in [2.05, 4.69) is 5.32 Å². The van der Waals surface area contributed by atoms with Crippen LogP contribution < -0.4 is 5.32 Å². The van der Waals surface area contributed by atoms with Crippen LogP contribution >= 0.6 is 11.6 Å². The highest BCUT2D eigenvalue weighted by Crippen LogP contribution is 2.27. The van der Waals surface area contributed by atoms with Gasteiger partial charge in [0, 0.05) is 45.7 Å². The summed E-state index contributed by atoms with van der Waals surface area (Å²) in [5.74, 6) is -0.361. The van der Waals surface area contributed by atoms with E-state index in [-0.39, 0.29) is 35.5 Å². The highest BCUT2D eigenvalue weighted by molar-refractivity contribution is 6.32. The lowest BCUT2D eigenvalue weighted by molar-refractivity contribution is -0.384. The number of aliphatic hydroxyl groups excluding tert-OH is 1. The fraction of sp³-hybridized carbons (Fsp3) is 0.533. The van der Waals surface area contributed by atoms with Crippen molar-refractivity contribution in [1.29, 1.82) is 0 Å². The molecule has 0 unspecified atom stereocenters. The molecule has 0 saturated heterocycles. The van der Waals surface area contributed by atoms with Crippen molar-refractivity contribution in [2.45, 2.75) is 12.7 Å². The Bertz CT molecular complexity index is 582. The number of aliphatic hydroxyl groups is 1. The van der Waals surface area contributed by atoms with E-state index in [9.17, 15) is 14.9 Å². The molecular formula is C15H22ClN3O6. The van der Waals surface area contributed by atoms with Gasteiger partial charge >= 0.3 is 0 Å². The molecule has 1 amide bonds. The number of anilines is 1. The number of nitro groups is 1. The molecule has 0 aliphatic carbocycles. The Morgan fingerprint density at radius 1 is 1.44 bits per heavy atom. The number of nitro benzene ring substituents is 1. The van der Waals surface area contributed by atoms with Gasteiger partial charge in [-0.3, -0.25) is 19.8 Å². The molecule has 0 atom stereocenters. The first-order chi connectivity index (χ1) is 11.9. The van der Waals surface area contributed by atoms with Crippen molar-refractivity contribution in [3.63, 3.8) is 0 Å². The maximum absolute atomic E-state index is 12.2. The van der Waals surface area contributed by atoms with Gasteiger partial charge in [0.15, 0.2) is 6.29 Å². The smallest absolute Gasteiger partial charge is 0.289 e. The number of carbonyl (C=O) groups excluding carboxylic acids is 1. The molecule has 1 rings (SSSR count). The summed E-state index contributed by atoms with van der Waals surface area (Å²) >= 11 is 5.74. The van der Waals surface area contributed by atoms with Crippen LogP contribution in [-0.2, 0) is 14.3 Å². The predicted octanol–water partition coefficient (Wildman–Crippen LogP) is 1.49. The van der Waals surface area contributed by atoms with Gasteiger partial charge in [-0.2, -0.15) is 0 Å². The first kappa shape index (κ1) is 21.3. The first-order valence-corrected chi connectivity index (χ1v) is 7.91. The molecule has 0 fully saturated rings. The van der Waals surface area contributed by atoms with Crippen LogP contribution in [0.1, 0.15) is 6.42 Å². The van der Waals surface area contributed by atoms with Gasteiger partial charge in [-0.1, -0.05) is 11.6 Å². The van der Waals surface area contributed by atoms with Crippen molar-refractivity contribution in [3.8, 4) is 0 Å². The molecule has 0 heterocycles. The molecule has 0 radical (unpaired) electrons. The van der Waals surface area contributed by atoms with Gasteiger partial charge in [0.2, 0.25) is 5.91 Å². The lowest BCUT2D eigenvalue weighted by Gasteiger charge is -2.25. The molecule has 0 saturated carbocycles. The monoisotopic (exact) mass is 375 g/mol. The molecular weight excluding hydrogens is 354 g/mol. The number of methoxy groups -OCH3 is 2. The van der Waals surface area contributed by atoms with Crippen molar-refractivity contribution >= 4 is 28.9 Å². The van der Waals surface area contributed by atoms with Gasteiger partial charge < -0.3 is 19.9 Å². The van der Waals surface area contributed by atoms with Gasteiger partial charge in [-0.15, -0.1) is 0 Å². The van der Waals surface area contributed by atoms with Crippen molar-refractivity contribution in [3.05, 3.63) is 33.3 Å². The molecule has 9 nitrogen and oxygen atoms in total. The number of ether oxygens (including phenoxy) is 2. The van der Waals surface area contributed by atoms with Crippen LogP contribution in [0.2, 0.25) is 5.02 Å². The number of nitrogens with zero attached hydrogens (tertiary/aromatic N) is 2. The third-order valence-electron chi connectivity index (χ3n) is 3.36. The number of rotatable bonds is 11. The Hall–Kier alpha value is -1.78. The van der Waals surface area contributed by atoms with Crippen LogP contribution in [0.25, 0.3) is 0 Å². The Morgan fingerprint density at radius 3 is 2.68 bits per heavy atom. The summed E-state index contributed by atoms with van der Waals surface area (Å²) in [4.78, 5) is 24.2. The van der Waals surface area contributed by atoms with E-state index >= 15 is 0 Å². The Labute approximate surface area is 150 Å². The average molecular weight is 376 g/mol. The number of amides is 1. The zero-order valence-corrected chi connectivity index (χ0v) is 14.9. The molecule has 1 aromatic rings. The van der Waals surface area contributed by atoms with Crippen molar-refractivity contribution in [2.24, 2.45) is 0 Å². The van der Waals surface area contributed by atoms with E-state index < -0.39 is 11.2 Å². The molecule has 0 aliphatic rings. The predicted molar refractivity (Wildman–Crippen MR) is 92.7 cm³/mol. The molecule has 0 bridgehead atoms. The molecule has 25 heavy (non-hydrogen) atoms. The molecule has 0 spiro atoms. The standard InChI is InChI=1S/C15H22ClN3O6/c1-24-15(25-2)10-18(6-3-7-20)9-14(21)17-11-4-5-12(16)13(8-11)19(22)23/h4-5,8,15,20H,3,6-7,9-10H2,1-2H3,(H,17,21). The minimum absolute atomic E-state index is 0.00407. The summed E-state index contributed by atoms with van der Waals surface area (Å²) in [6.45, 7) is 0.806. The number of nitrogens with one attached hydrogen (secondary N) is 1. The SMILES string of the molecule is COC(CN(CCCO)CC(=O)Nc1ccc(Cl)c([N+](=O)[O-])c1)OC. The van der Waals surface area contributed by atoms with Crippen LogP contribution in [0.3, 0.4) is 0 Å². The summed E-state index contributed by atoms with van der Waals surface area (Å²) < 4.78 is 10.2. The second kappa shape index (κ2) is 11.0. The van der Waals surface area contributed by atoms with E-state index in [0.717, 1.165) is 0 Å². The summed E-state index contributed by atoms with van der Waals surface area (Å²) in [6, 6.07) is 4.04. The summed E-state index contributed by atoms with van der Waals surface area (Å²) in [6.07, 6.45) is -0.0250. The molecule has 10 heteroatoms. The largest absolute Gasteiger partial charge is 0.396 e. The zero-order chi connectivity index (χ0) is 18.8. The van der Waals surface area contributed by atoms with Gasteiger partial charge in [0.1, 0.15) is 5.02 Å². The van der Waals surface area contributed by atoms with Gasteiger partial charge in [0.05, 0.1) is 11.5 Å². The van der Waals surface area contributed by atoms with Crippen molar-refractivity contribution in [1.82, 2.24) is 4.90 Å². The third kappa shape index (κ3) is 7.32. The van der Waals surface area contributed by atoms with Crippen LogP contribution in [0.4, 0.5) is 11.4 Å². The van der Waals surface area contributed by atoms with E-state index in [4.69, 9.17) is 26.2 Å². The van der Waals surface area contributed by atoms with E-state index in [0.29, 0.717) is 19.5 Å². The molecule has 1 aromatic carbocycles. The Balaban J connectivity index is 2.73. The van der Waals surface area contributed by atoms with Crippen molar-refractivity contribution < 1.29 is 24.3 Å². The lowest BCUT2D eigenvalue weighted by atomic mass is 10.2. The van der Waals surface area contributed by atoms with E-state index in [1.54, 1.807) is 4.90 Å². The molecule has 0 aliphatic heterocycles. The molecule has 2 N–H and O–H groups in total. The maximum Gasteiger partial charge on any atom is 0.289 e. The van der Waals surface area contributed by atoms with Crippen LogP contribution in [0.5, 0.6) is 0 Å². The number of halogens is 1. The number of carbonyl (C=O) groups is 1. The second-order valence-corrected chi connectivity index (χ2v) is 5.59. The fourth-order valence-electron chi connectivity index (χ4n) is 2.12. The highest BCUT2D eigenvalue weighted by atomic mass is 35.5. The number of benzene rings is 1. The summed E-state index contributed by atoms with van der Waals surface area (Å²) in [5, 5.41) is 22.5. The maximum atomic E-state index is 12.2. The fourth-order valence-corrected chi connectivity index (χ4v) is 2.31.